The predicted molar refractivity (Wildman–Crippen MR) is 75.8 cm³/mol. The van der Waals surface area contributed by atoms with Crippen molar-refractivity contribution in [2.24, 2.45) is 5.73 Å². The van der Waals surface area contributed by atoms with E-state index in [1.54, 1.807) is 11.3 Å². The van der Waals surface area contributed by atoms with Crippen LogP contribution >= 0.6 is 22.9 Å². The lowest BCUT2D eigenvalue weighted by Gasteiger charge is -2.44. The molecule has 2 rings (SSSR count). The van der Waals surface area contributed by atoms with Gasteiger partial charge >= 0.3 is 0 Å². The maximum absolute atomic E-state index is 6.43. The number of piperidine rings is 1. The molecule has 1 aliphatic rings. The van der Waals surface area contributed by atoms with Crippen LogP contribution in [0.5, 0.6) is 0 Å². The maximum Gasteiger partial charge on any atom is 0.0586 e. The van der Waals surface area contributed by atoms with Crippen molar-refractivity contribution < 1.29 is 0 Å². The Balaban J connectivity index is 2.16. The minimum Gasteiger partial charge on any atom is -0.322 e. The number of nitrogens with zero attached hydrogens (tertiary/aromatic N) is 1. The summed E-state index contributed by atoms with van der Waals surface area (Å²) in [5.74, 6) is 0. The molecule has 2 N–H and O–H groups in total. The summed E-state index contributed by atoms with van der Waals surface area (Å²) in [6, 6.07) is 1.93. The van der Waals surface area contributed by atoms with Gasteiger partial charge in [0.05, 0.1) is 11.1 Å². The molecule has 1 aromatic rings. The molecule has 1 fully saturated rings. The van der Waals surface area contributed by atoms with Crippen molar-refractivity contribution in [3.63, 3.8) is 0 Å². The van der Waals surface area contributed by atoms with Gasteiger partial charge in [0.15, 0.2) is 0 Å². The van der Waals surface area contributed by atoms with Crippen molar-refractivity contribution >= 4 is 22.9 Å². The quantitative estimate of drug-likeness (QED) is 0.910. The summed E-state index contributed by atoms with van der Waals surface area (Å²) in [5, 5.41) is 2.83. The first-order valence-electron chi connectivity index (χ1n) is 6.27. The highest BCUT2D eigenvalue weighted by Gasteiger charge is 2.36. The predicted octanol–water partition coefficient (Wildman–Crippen LogP) is 3.67. The van der Waals surface area contributed by atoms with Gasteiger partial charge in [0.2, 0.25) is 0 Å². The normalized spacial score (nSPS) is 20.5. The minimum absolute atomic E-state index is 0.00639. The molecule has 4 heteroatoms. The summed E-state index contributed by atoms with van der Waals surface area (Å²) in [5.41, 5.74) is 6.41. The fourth-order valence-corrected chi connectivity index (χ4v) is 3.87. The first-order chi connectivity index (χ1) is 8.03. The molecule has 0 amide bonds. The third-order valence-electron chi connectivity index (χ3n) is 3.86. The van der Waals surface area contributed by atoms with Crippen LogP contribution in [0, 0.1) is 0 Å². The molecule has 0 saturated carbocycles. The standard InChI is InChI=1S/C13H21ClN2S/c1-13(2,16-7-4-3-5-8-16)12(15)11-10(14)6-9-17-11/h6,9,12H,3-5,7-8,15H2,1-2H3. The lowest BCUT2D eigenvalue weighted by molar-refractivity contribution is 0.0739. The van der Waals surface area contributed by atoms with Gasteiger partial charge in [-0.3, -0.25) is 4.90 Å². The third-order valence-corrected chi connectivity index (χ3v) is 5.30. The number of rotatable bonds is 3. The van der Waals surface area contributed by atoms with E-state index in [0.29, 0.717) is 0 Å². The van der Waals surface area contributed by atoms with E-state index in [4.69, 9.17) is 17.3 Å². The van der Waals surface area contributed by atoms with Crippen LogP contribution in [0.3, 0.4) is 0 Å². The Bertz CT molecular complexity index is 369. The molecule has 0 radical (unpaired) electrons. The van der Waals surface area contributed by atoms with Crippen LogP contribution in [0.25, 0.3) is 0 Å². The molecule has 1 aliphatic heterocycles. The van der Waals surface area contributed by atoms with Crippen LogP contribution in [-0.2, 0) is 0 Å². The number of hydrogen-bond acceptors (Lipinski definition) is 3. The van der Waals surface area contributed by atoms with Crippen LogP contribution in [0.15, 0.2) is 11.4 Å². The van der Waals surface area contributed by atoms with E-state index >= 15 is 0 Å². The monoisotopic (exact) mass is 272 g/mol. The van der Waals surface area contributed by atoms with Crippen molar-refractivity contribution in [3.8, 4) is 0 Å². The Morgan fingerprint density at radius 1 is 1.35 bits per heavy atom. The Morgan fingerprint density at radius 3 is 2.53 bits per heavy atom. The Labute approximate surface area is 113 Å². The number of thiophene rings is 1. The fraction of sp³-hybridized carbons (Fsp3) is 0.692. The molecule has 1 saturated heterocycles. The van der Waals surface area contributed by atoms with E-state index in [2.05, 4.69) is 18.7 Å². The van der Waals surface area contributed by atoms with Crippen molar-refractivity contribution in [2.45, 2.75) is 44.7 Å². The Morgan fingerprint density at radius 2 is 2.00 bits per heavy atom. The van der Waals surface area contributed by atoms with E-state index in [-0.39, 0.29) is 11.6 Å². The van der Waals surface area contributed by atoms with Gasteiger partial charge in [0, 0.05) is 10.4 Å². The average molecular weight is 273 g/mol. The number of hydrogen-bond donors (Lipinski definition) is 1. The van der Waals surface area contributed by atoms with Crippen molar-refractivity contribution in [1.29, 1.82) is 0 Å². The Kier molecular flexibility index (Phi) is 4.14. The SMILES string of the molecule is CC(C)(C(N)c1sccc1Cl)N1CCCCC1. The van der Waals surface area contributed by atoms with E-state index in [0.717, 1.165) is 23.0 Å². The molecule has 96 valence electrons. The number of halogens is 1. The molecule has 17 heavy (non-hydrogen) atoms. The maximum atomic E-state index is 6.43. The van der Waals surface area contributed by atoms with E-state index in [9.17, 15) is 0 Å². The van der Waals surface area contributed by atoms with Gasteiger partial charge in [-0.15, -0.1) is 11.3 Å². The largest absolute Gasteiger partial charge is 0.322 e. The zero-order valence-electron chi connectivity index (χ0n) is 10.6. The highest BCUT2D eigenvalue weighted by Crippen LogP contribution is 2.37. The van der Waals surface area contributed by atoms with Gasteiger partial charge in [-0.25, -0.2) is 0 Å². The molecular weight excluding hydrogens is 252 g/mol. The fourth-order valence-electron chi connectivity index (χ4n) is 2.52. The van der Waals surface area contributed by atoms with Crippen LogP contribution in [0.1, 0.15) is 44.0 Å². The van der Waals surface area contributed by atoms with Gasteiger partial charge in [0.1, 0.15) is 0 Å². The van der Waals surface area contributed by atoms with E-state index in [1.165, 1.54) is 19.3 Å². The highest BCUT2D eigenvalue weighted by atomic mass is 35.5. The average Bonchev–Trinajstić information content (AvgIpc) is 2.75. The second kappa shape index (κ2) is 5.27. The van der Waals surface area contributed by atoms with Crippen LogP contribution < -0.4 is 5.73 Å². The highest BCUT2D eigenvalue weighted by molar-refractivity contribution is 7.10. The molecule has 1 unspecified atom stereocenters. The van der Waals surface area contributed by atoms with Crippen LogP contribution in [0.2, 0.25) is 5.02 Å². The van der Waals surface area contributed by atoms with Crippen molar-refractivity contribution in [2.75, 3.05) is 13.1 Å². The van der Waals surface area contributed by atoms with E-state index < -0.39 is 0 Å². The van der Waals surface area contributed by atoms with Crippen molar-refractivity contribution in [1.82, 2.24) is 4.90 Å². The first-order valence-corrected chi connectivity index (χ1v) is 7.53. The molecule has 2 heterocycles. The lowest BCUT2D eigenvalue weighted by Crippen LogP contribution is -2.52. The molecule has 0 bridgehead atoms. The summed E-state index contributed by atoms with van der Waals surface area (Å²) in [7, 11) is 0. The summed E-state index contributed by atoms with van der Waals surface area (Å²) in [6.45, 7) is 6.78. The molecule has 0 aromatic carbocycles. The van der Waals surface area contributed by atoms with Crippen molar-refractivity contribution in [3.05, 3.63) is 21.3 Å². The zero-order chi connectivity index (χ0) is 12.5. The second-order valence-electron chi connectivity index (χ2n) is 5.31. The molecule has 0 aliphatic carbocycles. The van der Waals surface area contributed by atoms with Crippen LogP contribution in [0.4, 0.5) is 0 Å². The summed E-state index contributed by atoms with van der Waals surface area (Å²) in [6.07, 6.45) is 3.92. The van der Waals surface area contributed by atoms with Gasteiger partial charge in [-0.05, 0) is 51.2 Å². The van der Waals surface area contributed by atoms with Gasteiger partial charge in [0.25, 0.3) is 0 Å². The first kappa shape index (κ1) is 13.3. The van der Waals surface area contributed by atoms with Gasteiger partial charge in [-0.2, -0.15) is 0 Å². The van der Waals surface area contributed by atoms with Gasteiger partial charge in [-0.1, -0.05) is 18.0 Å². The third kappa shape index (κ3) is 2.68. The second-order valence-corrected chi connectivity index (χ2v) is 6.67. The van der Waals surface area contributed by atoms with Crippen LogP contribution in [-0.4, -0.2) is 23.5 Å². The number of likely N-dealkylation sites (tertiary alicyclic amines) is 1. The van der Waals surface area contributed by atoms with E-state index in [1.807, 2.05) is 11.4 Å². The zero-order valence-corrected chi connectivity index (χ0v) is 12.2. The number of nitrogens with two attached hydrogens (primary N) is 1. The topological polar surface area (TPSA) is 29.3 Å². The molecule has 1 atom stereocenters. The Hall–Kier alpha value is -0.0900. The van der Waals surface area contributed by atoms with Gasteiger partial charge < -0.3 is 5.73 Å². The summed E-state index contributed by atoms with van der Waals surface area (Å²) >= 11 is 7.86. The summed E-state index contributed by atoms with van der Waals surface area (Å²) in [4.78, 5) is 3.62. The molecule has 0 spiro atoms. The molecule has 2 nitrogen and oxygen atoms in total. The summed E-state index contributed by atoms with van der Waals surface area (Å²) < 4.78 is 0. The minimum atomic E-state index is -0.0189. The molecular formula is C13H21ClN2S. The molecule has 1 aromatic heterocycles. The smallest absolute Gasteiger partial charge is 0.0586 e. The lowest BCUT2D eigenvalue weighted by atomic mass is 9.90.